The number of aliphatic hydroxyl groups is 1. The molecular formula is C17H29NO2. The van der Waals surface area contributed by atoms with E-state index >= 15 is 0 Å². The third-order valence-corrected chi connectivity index (χ3v) is 6.17. The van der Waals surface area contributed by atoms with Gasteiger partial charge >= 0.3 is 0 Å². The van der Waals surface area contributed by atoms with Gasteiger partial charge in [-0.1, -0.05) is 0 Å². The van der Waals surface area contributed by atoms with Crippen molar-refractivity contribution in [2.45, 2.75) is 77.4 Å². The van der Waals surface area contributed by atoms with Crippen LogP contribution in [0.5, 0.6) is 0 Å². The van der Waals surface area contributed by atoms with E-state index in [-0.39, 0.29) is 12.0 Å². The molecule has 4 fully saturated rings. The molecule has 4 aliphatic carbocycles. The Morgan fingerprint density at radius 1 is 1.15 bits per heavy atom. The summed E-state index contributed by atoms with van der Waals surface area (Å²) in [5.74, 6) is 2.91. The summed E-state index contributed by atoms with van der Waals surface area (Å²) in [6, 6.07) is 0.303. The average Bonchev–Trinajstić information content (AvgIpc) is 2.34. The molecule has 3 nitrogen and oxygen atoms in total. The molecule has 0 heterocycles. The number of aliphatic hydroxyl groups excluding tert-OH is 1. The van der Waals surface area contributed by atoms with Crippen LogP contribution in [0.3, 0.4) is 0 Å². The minimum atomic E-state index is -0.379. The molecule has 114 valence electrons. The van der Waals surface area contributed by atoms with Gasteiger partial charge in [0.1, 0.15) is 0 Å². The number of nitrogens with one attached hydrogen (secondary N) is 1. The molecule has 0 saturated heterocycles. The third kappa shape index (κ3) is 2.74. The number of rotatable bonds is 5. The number of hydrogen-bond acceptors (Lipinski definition) is 2. The van der Waals surface area contributed by atoms with Crippen LogP contribution in [-0.2, 0) is 4.79 Å². The Morgan fingerprint density at radius 3 is 2.10 bits per heavy atom. The minimum absolute atomic E-state index is 0.120. The normalized spacial score (nSPS) is 41.5. The second-order valence-corrected chi connectivity index (χ2v) is 7.96. The number of carbonyl (C=O) groups excluding carboxylic acids is 1. The summed E-state index contributed by atoms with van der Waals surface area (Å²) in [5, 5.41) is 12.5. The van der Waals surface area contributed by atoms with Crippen LogP contribution in [0.4, 0.5) is 0 Å². The van der Waals surface area contributed by atoms with Crippen LogP contribution < -0.4 is 5.32 Å². The second-order valence-electron chi connectivity index (χ2n) is 7.96. The van der Waals surface area contributed by atoms with Gasteiger partial charge in [0.15, 0.2) is 0 Å². The lowest BCUT2D eigenvalue weighted by atomic mass is 9.48. The maximum Gasteiger partial charge on any atom is 0.220 e. The number of hydrogen-bond donors (Lipinski definition) is 2. The lowest BCUT2D eigenvalue weighted by Crippen LogP contribution is -2.55. The van der Waals surface area contributed by atoms with Crippen molar-refractivity contribution in [2.24, 2.45) is 23.2 Å². The molecule has 0 aliphatic heterocycles. The molecule has 2 atom stereocenters. The lowest BCUT2D eigenvalue weighted by molar-refractivity contribution is -0.126. The lowest BCUT2D eigenvalue weighted by Gasteiger charge is -2.59. The van der Waals surface area contributed by atoms with Crippen molar-refractivity contribution in [3.05, 3.63) is 0 Å². The zero-order valence-electron chi connectivity index (χ0n) is 12.9. The predicted molar refractivity (Wildman–Crippen MR) is 79.1 cm³/mol. The van der Waals surface area contributed by atoms with Crippen LogP contribution in [0.2, 0.25) is 0 Å². The Kier molecular flexibility index (Phi) is 3.83. The zero-order chi connectivity index (χ0) is 14.3. The predicted octanol–water partition coefficient (Wildman–Crippen LogP) is 2.87. The third-order valence-electron chi connectivity index (χ3n) is 6.17. The molecule has 0 radical (unpaired) electrons. The highest BCUT2D eigenvalue weighted by Gasteiger charge is 2.53. The van der Waals surface area contributed by atoms with Crippen molar-refractivity contribution >= 4 is 5.91 Å². The number of amides is 1. The van der Waals surface area contributed by atoms with Crippen LogP contribution in [0.25, 0.3) is 0 Å². The quantitative estimate of drug-likeness (QED) is 0.813. The van der Waals surface area contributed by atoms with E-state index in [9.17, 15) is 9.90 Å². The second kappa shape index (κ2) is 5.32. The topological polar surface area (TPSA) is 49.3 Å². The first-order valence-electron chi connectivity index (χ1n) is 8.44. The van der Waals surface area contributed by atoms with Crippen LogP contribution >= 0.6 is 0 Å². The Balaban J connectivity index is 1.59. The molecule has 4 bridgehead atoms. The Labute approximate surface area is 122 Å². The van der Waals surface area contributed by atoms with Gasteiger partial charge in [-0.15, -0.1) is 0 Å². The van der Waals surface area contributed by atoms with E-state index in [4.69, 9.17) is 0 Å². The maximum absolute atomic E-state index is 12.0. The summed E-state index contributed by atoms with van der Waals surface area (Å²) in [6.07, 6.45) is 8.97. The Hall–Kier alpha value is -0.570. The van der Waals surface area contributed by atoms with E-state index in [2.05, 4.69) is 12.2 Å². The maximum atomic E-state index is 12.0. The van der Waals surface area contributed by atoms with Gasteiger partial charge in [0.25, 0.3) is 0 Å². The molecule has 4 saturated carbocycles. The molecule has 4 rings (SSSR count). The zero-order valence-corrected chi connectivity index (χ0v) is 12.9. The first-order chi connectivity index (χ1) is 9.47. The summed E-state index contributed by atoms with van der Waals surface area (Å²) in [5.41, 5.74) is 0.384. The Morgan fingerprint density at radius 2 is 1.65 bits per heavy atom. The van der Waals surface area contributed by atoms with E-state index < -0.39 is 0 Å². The first-order valence-corrected chi connectivity index (χ1v) is 8.44. The number of carbonyl (C=O) groups is 1. The first kappa shape index (κ1) is 14.4. The average molecular weight is 279 g/mol. The summed E-state index contributed by atoms with van der Waals surface area (Å²) < 4.78 is 0. The Bertz CT molecular complexity index is 342. The highest BCUT2D eigenvalue weighted by molar-refractivity contribution is 5.76. The van der Waals surface area contributed by atoms with E-state index in [1.165, 1.54) is 38.5 Å². The highest BCUT2D eigenvalue weighted by atomic mass is 16.3. The standard InChI is InChI=1S/C17H29NO2/c1-11(19)3-4-16(20)18-12(2)17-8-13-5-14(9-17)7-15(6-13)10-17/h11-15,19H,3-10H2,1-2H3,(H,18,20). The van der Waals surface area contributed by atoms with Gasteiger partial charge in [0.05, 0.1) is 6.10 Å². The van der Waals surface area contributed by atoms with E-state index in [1.807, 2.05) is 0 Å². The fourth-order valence-corrected chi connectivity index (χ4v) is 5.51. The summed E-state index contributed by atoms with van der Waals surface area (Å²) >= 11 is 0. The van der Waals surface area contributed by atoms with Crippen molar-refractivity contribution in [1.29, 1.82) is 0 Å². The molecule has 4 aliphatic rings. The largest absolute Gasteiger partial charge is 0.393 e. The minimum Gasteiger partial charge on any atom is -0.393 e. The van der Waals surface area contributed by atoms with Gasteiger partial charge in [-0.05, 0) is 82.0 Å². The van der Waals surface area contributed by atoms with Crippen LogP contribution in [0.1, 0.15) is 65.2 Å². The van der Waals surface area contributed by atoms with Gasteiger partial charge in [-0.2, -0.15) is 0 Å². The molecule has 0 aromatic rings. The van der Waals surface area contributed by atoms with Crippen LogP contribution in [0.15, 0.2) is 0 Å². The van der Waals surface area contributed by atoms with Crippen molar-refractivity contribution in [3.8, 4) is 0 Å². The summed E-state index contributed by atoms with van der Waals surface area (Å²) in [7, 11) is 0. The van der Waals surface area contributed by atoms with Crippen molar-refractivity contribution in [3.63, 3.8) is 0 Å². The molecule has 0 aromatic heterocycles. The van der Waals surface area contributed by atoms with Gasteiger partial charge in [-0.25, -0.2) is 0 Å². The molecule has 2 N–H and O–H groups in total. The smallest absolute Gasteiger partial charge is 0.220 e. The summed E-state index contributed by atoms with van der Waals surface area (Å²) in [6.45, 7) is 3.96. The van der Waals surface area contributed by atoms with Crippen LogP contribution in [0, 0.1) is 23.2 Å². The van der Waals surface area contributed by atoms with Gasteiger partial charge < -0.3 is 10.4 Å². The monoisotopic (exact) mass is 279 g/mol. The van der Waals surface area contributed by atoms with Crippen molar-refractivity contribution < 1.29 is 9.90 Å². The molecule has 20 heavy (non-hydrogen) atoms. The van der Waals surface area contributed by atoms with Gasteiger partial charge in [0.2, 0.25) is 5.91 Å². The molecular weight excluding hydrogens is 250 g/mol. The SMILES string of the molecule is CC(O)CCC(=O)NC(C)C12CC3CC(CC(C3)C1)C2. The molecule has 1 amide bonds. The van der Waals surface area contributed by atoms with Crippen molar-refractivity contribution in [1.82, 2.24) is 5.32 Å². The molecule has 2 unspecified atom stereocenters. The molecule has 3 heteroatoms. The highest BCUT2D eigenvalue weighted by Crippen LogP contribution is 2.61. The van der Waals surface area contributed by atoms with Crippen molar-refractivity contribution in [2.75, 3.05) is 0 Å². The van der Waals surface area contributed by atoms with Gasteiger partial charge in [-0.3, -0.25) is 4.79 Å². The van der Waals surface area contributed by atoms with Crippen LogP contribution in [-0.4, -0.2) is 23.2 Å². The van der Waals surface area contributed by atoms with E-state index in [1.54, 1.807) is 6.92 Å². The molecule has 0 aromatic carbocycles. The van der Waals surface area contributed by atoms with E-state index in [0.717, 1.165) is 17.8 Å². The fraction of sp³-hybridized carbons (Fsp3) is 0.941. The van der Waals surface area contributed by atoms with Gasteiger partial charge in [0, 0.05) is 12.5 Å². The molecule has 0 spiro atoms. The van der Waals surface area contributed by atoms with E-state index in [0.29, 0.717) is 24.3 Å². The summed E-state index contributed by atoms with van der Waals surface area (Å²) in [4.78, 5) is 12.0. The fourth-order valence-electron chi connectivity index (χ4n) is 5.51.